The van der Waals surface area contributed by atoms with Gasteiger partial charge < -0.3 is 4.74 Å². The number of hydrogen-bond donors (Lipinski definition) is 2. The highest BCUT2D eigenvalue weighted by Gasteiger charge is 2.22. The normalized spacial score (nSPS) is 25.4. The molecule has 5 heteroatoms. The van der Waals surface area contributed by atoms with Crippen molar-refractivity contribution in [1.82, 2.24) is 5.43 Å². The van der Waals surface area contributed by atoms with Gasteiger partial charge in [0.25, 0.3) is 6.43 Å². The number of rotatable bonds is 5. The number of hydrogen-bond acceptors (Lipinski definition) is 3. The van der Waals surface area contributed by atoms with Crippen molar-refractivity contribution >= 4 is 0 Å². The molecule has 0 aliphatic carbocycles. The summed E-state index contributed by atoms with van der Waals surface area (Å²) < 4.78 is 29.7. The molecule has 0 aromatic heterocycles. The van der Waals surface area contributed by atoms with E-state index in [-0.39, 0.29) is 6.10 Å². The predicted molar refractivity (Wildman–Crippen MR) is 45.3 cm³/mol. The van der Waals surface area contributed by atoms with Gasteiger partial charge in [-0.15, -0.1) is 0 Å². The van der Waals surface area contributed by atoms with Gasteiger partial charge in [0.15, 0.2) is 0 Å². The van der Waals surface area contributed by atoms with E-state index in [1.807, 2.05) is 0 Å². The summed E-state index contributed by atoms with van der Waals surface area (Å²) in [4.78, 5) is 0. The summed E-state index contributed by atoms with van der Waals surface area (Å²) in [6.45, 7) is 0.764. The molecule has 0 bridgehead atoms. The molecule has 0 aromatic carbocycles. The van der Waals surface area contributed by atoms with Gasteiger partial charge in [-0.1, -0.05) is 0 Å². The van der Waals surface area contributed by atoms with Crippen LogP contribution in [0.3, 0.4) is 0 Å². The Hall–Kier alpha value is -0.260. The van der Waals surface area contributed by atoms with Gasteiger partial charge in [-0.2, -0.15) is 0 Å². The third-order valence-electron chi connectivity index (χ3n) is 2.34. The molecule has 3 N–H and O–H groups in total. The Morgan fingerprint density at radius 3 is 2.77 bits per heavy atom. The van der Waals surface area contributed by atoms with Crippen molar-refractivity contribution in [2.75, 3.05) is 6.61 Å². The number of nitrogens with one attached hydrogen (secondary N) is 1. The minimum absolute atomic E-state index is 0.162. The summed E-state index contributed by atoms with van der Waals surface area (Å²) in [7, 11) is 0. The largest absolute Gasteiger partial charge is 0.378 e. The molecule has 0 aromatic rings. The fraction of sp³-hybridized carbons (Fsp3) is 1.00. The summed E-state index contributed by atoms with van der Waals surface area (Å²) in [6, 6.07) is -0.899. The van der Waals surface area contributed by atoms with Crippen LogP contribution in [0.2, 0.25) is 0 Å². The van der Waals surface area contributed by atoms with Crippen LogP contribution in [0.4, 0.5) is 8.78 Å². The number of halogens is 2. The van der Waals surface area contributed by atoms with E-state index >= 15 is 0 Å². The van der Waals surface area contributed by atoms with Gasteiger partial charge in [0.2, 0.25) is 0 Å². The zero-order valence-electron chi connectivity index (χ0n) is 7.51. The molecule has 3 nitrogen and oxygen atoms in total. The molecule has 78 valence electrons. The van der Waals surface area contributed by atoms with Crippen LogP contribution in [0.5, 0.6) is 0 Å². The van der Waals surface area contributed by atoms with Crippen molar-refractivity contribution in [2.45, 2.75) is 44.3 Å². The number of alkyl halides is 2. The lowest BCUT2D eigenvalue weighted by atomic mass is 10.1. The van der Waals surface area contributed by atoms with Crippen molar-refractivity contribution in [3.8, 4) is 0 Å². The van der Waals surface area contributed by atoms with E-state index in [1.165, 1.54) is 0 Å². The minimum Gasteiger partial charge on any atom is -0.378 e. The number of ether oxygens (including phenoxy) is 1. The zero-order valence-corrected chi connectivity index (χ0v) is 7.51. The Bertz CT molecular complexity index is 140. The van der Waals surface area contributed by atoms with Crippen LogP contribution in [0.15, 0.2) is 0 Å². The molecule has 1 heterocycles. The van der Waals surface area contributed by atoms with Gasteiger partial charge in [0, 0.05) is 6.61 Å². The van der Waals surface area contributed by atoms with Crippen molar-refractivity contribution in [1.29, 1.82) is 0 Å². The second-order valence-corrected chi connectivity index (χ2v) is 3.32. The molecule has 1 aliphatic heterocycles. The van der Waals surface area contributed by atoms with Crippen LogP contribution in [-0.2, 0) is 4.74 Å². The van der Waals surface area contributed by atoms with Gasteiger partial charge in [0.1, 0.15) is 0 Å². The second-order valence-electron chi connectivity index (χ2n) is 3.32. The molecule has 1 rings (SSSR count). The lowest BCUT2D eigenvalue weighted by Gasteiger charge is -2.16. The molecule has 2 atom stereocenters. The fourth-order valence-corrected chi connectivity index (χ4v) is 1.52. The van der Waals surface area contributed by atoms with E-state index < -0.39 is 12.5 Å². The molecule has 0 spiro atoms. The number of hydrazine groups is 1. The zero-order chi connectivity index (χ0) is 9.68. The van der Waals surface area contributed by atoms with E-state index in [4.69, 9.17) is 10.6 Å². The Morgan fingerprint density at radius 2 is 2.31 bits per heavy atom. The summed E-state index contributed by atoms with van der Waals surface area (Å²) in [5.41, 5.74) is 2.12. The smallest absolute Gasteiger partial charge is 0.255 e. The summed E-state index contributed by atoms with van der Waals surface area (Å²) in [5, 5.41) is 0. The van der Waals surface area contributed by atoms with Gasteiger partial charge >= 0.3 is 0 Å². The molecule has 1 aliphatic rings. The topological polar surface area (TPSA) is 47.3 Å². The molecule has 2 unspecified atom stereocenters. The predicted octanol–water partition coefficient (Wildman–Crippen LogP) is 1.04. The molecule has 0 saturated carbocycles. The number of nitrogens with two attached hydrogens (primary N) is 1. The summed E-state index contributed by atoms with van der Waals surface area (Å²) in [6.07, 6.45) is 0.833. The monoisotopic (exact) mass is 194 g/mol. The highest BCUT2D eigenvalue weighted by Crippen LogP contribution is 2.19. The van der Waals surface area contributed by atoms with E-state index in [0.29, 0.717) is 12.8 Å². The fourth-order valence-electron chi connectivity index (χ4n) is 1.52. The van der Waals surface area contributed by atoms with Crippen molar-refractivity contribution in [3.63, 3.8) is 0 Å². The Labute approximate surface area is 76.6 Å². The molecule has 1 fully saturated rings. The molecular weight excluding hydrogens is 178 g/mol. The van der Waals surface area contributed by atoms with Crippen LogP contribution in [0.25, 0.3) is 0 Å². The Balaban J connectivity index is 2.15. The first kappa shape index (κ1) is 10.8. The quantitative estimate of drug-likeness (QED) is 0.508. The lowest BCUT2D eigenvalue weighted by molar-refractivity contribution is 0.0686. The van der Waals surface area contributed by atoms with Gasteiger partial charge in [-0.3, -0.25) is 11.3 Å². The molecule has 13 heavy (non-hydrogen) atoms. The van der Waals surface area contributed by atoms with Crippen molar-refractivity contribution in [3.05, 3.63) is 0 Å². The van der Waals surface area contributed by atoms with Crippen molar-refractivity contribution in [2.24, 2.45) is 5.84 Å². The van der Waals surface area contributed by atoms with Crippen LogP contribution in [-0.4, -0.2) is 25.2 Å². The first-order valence-corrected chi connectivity index (χ1v) is 4.60. The van der Waals surface area contributed by atoms with Crippen LogP contribution < -0.4 is 11.3 Å². The van der Waals surface area contributed by atoms with E-state index in [1.54, 1.807) is 0 Å². The van der Waals surface area contributed by atoms with E-state index in [9.17, 15) is 8.78 Å². The average molecular weight is 194 g/mol. The van der Waals surface area contributed by atoms with Gasteiger partial charge in [-0.25, -0.2) is 8.78 Å². The maximum absolute atomic E-state index is 12.2. The SMILES string of the molecule is NNC(CCC1CCCO1)C(F)F. The third-order valence-corrected chi connectivity index (χ3v) is 2.34. The highest BCUT2D eigenvalue weighted by atomic mass is 19.3. The Kier molecular flexibility index (Phi) is 4.55. The lowest BCUT2D eigenvalue weighted by Crippen LogP contribution is -2.40. The van der Waals surface area contributed by atoms with E-state index in [0.717, 1.165) is 19.4 Å². The molecule has 0 amide bonds. The van der Waals surface area contributed by atoms with Crippen LogP contribution in [0, 0.1) is 0 Å². The van der Waals surface area contributed by atoms with E-state index in [2.05, 4.69) is 5.43 Å². The highest BCUT2D eigenvalue weighted by molar-refractivity contribution is 4.71. The average Bonchev–Trinajstić information content (AvgIpc) is 2.57. The van der Waals surface area contributed by atoms with Gasteiger partial charge in [0.05, 0.1) is 12.1 Å². The van der Waals surface area contributed by atoms with Crippen LogP contribution in [0.1, 0.15) is 25.7 Å². The molecular formula is C8H16F2N2O. The molecule has 0 radical (unpaired) electrons. The second kappa shape index (κ2) is 5.47. The standard InChI is InChI=1S/C8H16F2N2O/c9-8(10)7(12-11)4-3-6-2-1-5-13-6/h6-8,12H,1-5,11H2. The van der Waals surface area contributed by atoms with Gasteiger partial charge in [-0.05, 0) is 25.7 Å². The minimum atomic E-state index is -2.40. The first-order valence-electron chi connectivity index (χ1n) is 4.60. The maximum atomic E-state index is 12.2. The third kappa shape index (κ3) is 3.54. The van der Waals surface area contributed by atoms with Crippen LogP contribution >= 0.6 is 0 Å². The maximum Gasteiger partial charge on any atom is 0.255 e. The Morgan fingerprint density at radius 1 is 1.54 bits per heavy atom. The first-order chi connectivity index (χ1) is 6.24. The summed E-state index contributed by atoms with van der Waals surface area (Å²) >= 11 is 0. The summed E-state index contributed by atoms with van der Waals surface area (Å²) in [5.74, 6) is 4.99. The molecule has 1 saturated heterocycles. The van der Waals surface area contributed by atoms with Crippen molar-refractivity contribution < 1.29 is 13.5 Å².